The average Bonchev–Trinajstić information content (AvgIpc) is 2.81. The van der Waals surface area contributed by atoms with Crippen LogP contribution in [0, 0.1) is 31.6 Å². The molecule has 0 atom stereocenters. The number of rotatable bonds is 3. The second kappa shape index (κ2) is 4.96. The molecule has 75 valence electrons. The molecule has 2 heteroatoms. The van der Waals surface area contributed by atoms with Crippen molar-refractivity contribution in [3.8, 4) is 0 Å². The summed E-state index contributed by atoms with van der Waals surface area (Å²) in [6.07, 6.45) is 7.33. The highest BCUT2D eigenvalue weighted by molar-refractivity contribution is 5.95. The molecule has 1 fully saturated rings. The van der Waals surface area contributed by atoms with E-state index in [0.717, 1.165) is 5.56 Å². The molecule has 1 aromatic rings. The third kappa shape index (κ3) is 2.82. The fraction of sp³-hybridized carbons (Fsp3) is 0.0769. The van der Waals surface area contributed by atoms with Crippen molar-refractivity contribution in [2.24, 2.45) is 0 Å². The molecule has 0 spiro atoms. The van der Waals surface area contributed by atoms with Gasteiger partial charge in [-0.2, -0.15) is 0 Å². The van der Waals surface area contributed by atoms with E-state index in [0.29, 0.717) is 12.5 Å². The first-order valence-electron chi connectivity index (χ1n) is 4.90. The highest BCUT2D eigenvalue weighted by atomic mass is 16.1. The highest BCUT2D eigenvalue weighted by Crippen LogP contribution is 2.22. The topological polar surface area (TPSA) is 29.1 Å². The van der Waals surface area contributed by atoms with E-state index in [9.17, 15) is 4.79 Å². The molecular formula is C13H12NO. The van der Waals surface area contributed by atoms with Gasteiger partial charge in [0.15, 0.2) is 0 Å². The Bertz CT molecular complexity index is 315. The Hall–Kier alpha value is -1.31. The maximum atomic E-state index is 11.6. The fourth-order valence-corrected chi connectivity index (χ4v) is 1.41. The van der Waals surface area contributed by atoms with Gasteiger partial charge in [-0.3, -0.25) is 4.79 Å². The predicted molar refractivity (Wildman–Crippen MR) is 58.7 cm³/mol. The Kier molecular flexibility index (Phi) is 3.38. The van der Waals surface area contributed by atoms with Crippen molar-refractivity contribution in [3.63, 3.8) is 0 Å². The Balaban J connectivity index is 1.80. The summed E-state index contributed by atoms with van der Waals surface area (Å²) < 4.78 is 0. The van der Waals surface area contributed by atoms with Crippen LogP contribution in [0.5, 0.6) is 0 Å². The van der Waals surface area contributed by atoms with Gasteiger partial charge in [0.2, 0.25) is 5.91 Å². The molecule has 1 saturated carbocycles. The van der Waals surface area contributed by atoms with Crippen LogP contribution >= 0.6 is 0 Å². The number of carbonyl (C=O) groups is 1. The highest BCUT2D eigenvalue weighted by Gasteiger charge is 2.23. The van der Waals surface area contributed by atoms with Crippen molar-refractivity contribution in [2.75, 3.05) is 0 Å². The molecule has 2 rings (SSSR count). The quantitative estimate of drug-likeness (QED) is 0.787. The average molecular weight is 198 g/mol. The number of hydrogen-bond donors (Lipinski definition) is 1. The molecule has 1 aromatic carbocycles. The minimum atomic E-state index is -0.0242. The number of carbonyl (C=O) groups excluding carboxylic acids is 1. The second-order valence-corrected chi connectivity index (χ2v) is 3.34. The van der Waals surface area contributed by atoms with Gasteiger partial charge in [0.25, 0.3) is 0 Å². The van der Waals surface area contributed by atoms with Gasteiger partial charge in [-0.15, -0.1) is 0 Å². The zero-order chi connectivity index (χ0) is 10.5. The lowest BCUT2D eigenvalue weighted by atomic mass is 10.1. The SMILES string of the molecule is O=C(NCc1ccccc1)[C]1[CH][CH][CH][CH]1. The molecule has 2 nitrogen and oxygen atoms in total. The molecule has 15 heavy (non-hydrogen) atoms. The summed E-state index contributed by atoms with van der Waals surface area (Å²) >= 11 is 0. The second-order valence-electron chi connectivity index (χ2n) is 3.34. The first kappa shape index (κ1) is 10.2. The lowest BCUT2D eigenvalue weighted by molar-refractivity contribution is -0.118. The van der Waals surface area contributed by atoms with Crippen molar-refractivity contribution < 1.29 is 4.79 Å². The molecule has 0 saturated heterocycles. The van der Waals surface area contributed by atoms with E-state index in [1.165, 1.54) is 0 Å². The molecule has 1 N–H and O–H groups in total. The minimum absolute atomic E-state index is 0.0242. The van der Waals surface area contributed by atoms with Crippen LogP contribution in [-0.2, 0) is 11.3 Å². The van der Waals surface area contributed by atoms with Crippen molar-refractivity contribution in [3.05, 3.63) is 67.5 Å². The maximum Gasteiger partial charge on any atom is 0.228 e. The standard InChI is InChI=1S/C13H12NO/c15-13(12-8-4-5-9-12)14-10-11-6-2-1-3-7-11/h1-9H,10H2,(H,14,15). The third-order valence-electron chi connectivity index (χ3n) is 2.22. The monoisotopic (exact) mass is 198 g/mol. The normalized spacial score (nSPS) is 16.5. The van der Waals surface area contributed by atoms with E-state index < -0.39 is 0 Å². The number of amides is 1. The van der Waals surface area contributed by atoms with Crippen LogP contribution < -0.4 is 5.32 Å². The number of benzene rings is 1. The van der Waals surface area contributed by atoms with Crippen molar-refractivity contribution >= 4 is 5.91 Å². The van der Waals surface area contributed by atoms with Crippen LogP contribution in [0.2, 0.25) is 0 Å². The van der Waals surface area contributed by atoms with Gasteiger partial charge < -0.3 is 5.32 Å². The Morgan fingerprint density at radius 1 is 1.07 bits per heavy atom. The van der Waals surface area contributed by atoms with E-state index in [4.69, 9.17) is 0 Å². The Morgan fingerprint density at radius 2 is 1.73 bits per heavy atom. The van der Waals surface area contributed by atoms with Crippen LogP contribution in [-0.4, -0.2) is 5.91 Å². The predicted octanol–water partition coefficient (Wildman–Crippen LogP) is 1.71. The van der Waals surface area contributed by atoms with Gasteiger partial charge in [-0.1, -0.05) is 30.3 Å². The van der Waals surface area contributed by atoms with E-state index in [1.54, 1.807) is 12.8 Å². The van der Waals surface area contributed by atoms with Crippen LogP contribution in [0.4, 0.5) is 0 Å². The van der Waals surface area contributed by atoms with Crippen LogP contribution in [0.1, 0.15) is 5.56 Å². The van der Waals surface area contributed by atoms with Crippen molar-refractivity contribution in [1.29, 1.82) is 0 Å². The summed E-state index contributed by atoms with van der Waals surface area (Å²) in [6.45, 7) is 0.574. The lowest BCUT2D eigenvalue weighted by Crippen LogP contribution is -2.27. The summed E-state index contributed by atoms with van der Waals surface area (Å²) in [6, 6.07) is 9.87. The molecule has 1 aliphatic rings. The molecule has 1 aliphatic carbocycles. The van der Waals surface area contributed by atoms with E-state index in [-0.39, 0.29) is 5.91 Å². The summed E-state index contributed by atoms with van der Waals surface area (Å²) in [5.41, 5.74) is 1.11. The maximum absolute atomic E-state index is 11.6. The lowest BCUT2D eigenvalue weighted by Gasteiger charge is -2.08. The zero-order valence-corrected chi connectivity index (χ0v) is 8.31. The Labute approximate surface area is 90.7 Å². The minimum Gasteiger partial charge on any atom is -0.351 e. The molecule has 0 bridgehead atoms. The molecule has 5 radical (unpaired) electrons. The summed E-state index contributed by atoms with van der Waals surface area (Å²) in [4.78, 5) is 11.6. The largest absolute Gasteiger partial charge is 0.351 e. The van der Waals surface area contributed by atoms with Gasteiger partial charge in [0, 0.05) is 6.54 Å². The molecule has 0 unspecified atom stereocenters. The summed E-state index contributed by atoms with van der Waals surface area (Å²) in [7, 11) is 0. The van der Waals surface area contributed by atoms with Crippen LogP contribution in [0.3, 0.4) is 0 Å². The number of hydrogen-bond acceptors (Lipinski definition) is 1. The van der Waals surface area contributed by atoms with Gasteiger partial charge in [0.1, 0.15) is 0 Å². The molecule has 0 aliphatic heterocycles. The van der Waals surface area contributed by atoms with Crippen LogP contribution in [0.15, 0.2) is 30.3 Å². The van der Waals surface area contributed by atoms with Gasteiger partial charge >= 0.3 is 0 Å². The number of nitrogens with one attached hydrogen (secondary N) is 1. The Morgan fingerprint density at radius 3 is 2.40 bits per heavy atom. The first-order valence-corrected chi connectivity index (χ1v) is 4.90. The van der Waals surface area contributed by atoms with Gasteiger partial charge in [0.05, 0.1) is 5.92 Å². The van der Waals surface area contributed by atoms with Crippen LogP contribution in [0.25, 0.3) is 0 Å². The van der Waals surface area contributed by atoms with Crippen molar-refractivity contribution in [1.82, 2.24) is 5.32 Å². The van der Waals surface area contributed by atoms with Gasteiger partial charge in [-0.05, 0) is 31.2 Å². The fourth-order valence-electron chi connectivity index (χ4n) is 1.41. The molecule has 1 amide bonds. The third-order valence-corrected chi connectivity index (χ3v) is 2.22. The van der Waals surface area contributed by atoms with E-state index in [2.05, 4.69) is 5.32 Å². The van der Waals surface area contributed by atoms with E-state index >= 15 is 0 Å². The molecule has 0 heterocycles. The zero-order valence-electron chi connectivity index (χ0n) is 8.31. The van der Waals surface area contributed by atoms with E-state index in [1.807, 2.05) is 43.2 Å². The first-order chi connectivity index (χ1) is 7.36. The van der Waals surface area contributed by atoms with Crippen molar-refractivity contribution in [2.45, 2.75) is 6.54 Å². The molecular weight excluding hydrogens is 186 g/mol. The summed E-state index contributed by atoms with van der Waals surface area (Å²) in [5, 5.41) is 2.86. The molecule has 0 aromatic heterocycles. The smallest absolute Gasteiger partial charge is 0.228 e. The van der Waals surface area contributed by atoms with Gasteiger partial charge in [-0.25, -0.2) is 0 Å². The summed E-state index contributed by atoms with van der Waals surface area (Å²) in [5.74, 6) is 0.690.